The number of rotatable bonds is 5. The Morgan fingerprint density at radius 2 is 1.75 bits per heavy atom. The van der Waals surface area contributed by atoms with Gasteiger partial charge in [-0.3, -0.25) is 0 Å². The second-order valence-electron chi connectivity index (χ2n) is 4.31. The molecule has 0 aromatic heterocycles. The van der Waals surface area contributed by atoms with Crippen molar-refractivity contribution in [3.05, 3.63) is 70.5 Å². The molecule has 0 amide bonds. The van der Waals surface area contributed by atoms with E-state index in [4.69, 9.17) is 11.6 Å². The second kappa shape index (κ2) is 6.35. The fourth-order valence-corrected chi connectivity index (χ4v) is 3.01. The van der Waals surface area contributed by atoms with Gasteiger partial charge in [0.2, 0.25) is 10.0 Å². The van der Waals surface area contributed by atoms with Crippen molar-refractivity contribution in [2.75, 3.05) is 0 Å². The fourth-order valence-electron chi connectivity index (χ4n) is 1.69. The largest absolute Gasteiger partial charge is 0.216 e. The van der Waals surface area contributed by atoms with Gasteiger partial charge in [0.25, 0.3) is 0 Å². The molecule has 0 atom stereocenters. The Bertz CT molecular complexity index is 690. The van der Waals surface area contributed by atoms with Crippen LogP contribution in [0.4, 0.5) is 4.39 Å². The van der Waals surface area contributed by atoms with E-state index < -0.39 is 15.8 Å². The molecule has 0 bridgehead atoms. The van der Waals surface area contributed by atoms with Crippen molar-refractivity contribution in [2.24, 2.45) is 0 Å². The van der Waals surface area contributed by atoms with Gasteiger partial charge in [-0.15, -0.1) is 0 Å². The van der Waals surface area contributed by atoms with Crippen LogP contribution in [0.1, 0.15) is 11.1 Å². The molecule has 6 heteroatoms. The second-order valence-corrected chi connectivity index (χ2v) is 6.53. The summed E-state index contributed by atoms with van der Waals surface area (Å²) in [5.41, 5.74) is 1.31. The Hall–Kier alpha value is -1.43. The first-order chi connectivity index (χ1) is 9.46. The molecule has 0 aliphatic heterocycles. The van der Waals surface area contributed by atoms with Gasteiger partial charge in [0.05, 0.1) is 10.8 Å². The molecular formula is C14H13ClFNO2S. The van der Waals surface area contributed by atoms with Crippen LogP contribution in [0.3, 0.4) is 0 Å². The van der Waals surface area contributed by atoms with Crippen LogP contribution in [-0.4, -0.2) is 8.42 Å². The normalized spacial score (nSPS) is 11.5. The molecule has 106 valence electrons. The highest BCUT2D eigenvalue weighted by Crippen LogP contribution is 2.16. The minimum atomic E-state index is -3.44. The van der Waals surface area contributed by atoms with E-state index in [1.54, 1.807) is 24.3 Å². The van der Waals surface area contributed by atoms with Gasteiger partial charge >= 0.3 is 0 Å². The molecule has 1 N–H and O–H groups in total. The first-order valence-electron chi connectivity index (χ1n) is 5.91. The van der Waals surface area contributed by atoms with Crippen LogP contribution in [0, 0.1) is 5.82 Å². The Labute approximate surface area is 122 Å². The molecule has 0 heterocycles. The van der Waals surface area contributed by atoms with Crippen LogP contribution in [0.2, 0.25) is 5.02 Å². The van der Waals surface area contributed by atoms with E-state index in [1.807, 2.05) is 6.07 Å². The Morgan fingerprint density at radius 3 is 2.40 bits per heavy atom. The SMILES string of the molecule is O=S(=O)(Cc1ccccc1)NCc1ccc(F)c(Cl)c1. The van der Waals surface area contributed by atoms with E-state index in [1.165, 1.54) is 18.2 Å². The summed E-state index contributed by atoms with van der Waals surface area (Å²) in [4.78, 5) is 0. The maximum atomic E-state index is 13.0. The molecule has 0 aliphatic carbocycles. The van der Waals surface area contributed by atoms with Crippen molar-refractivity contribution >= 4 is 21.6 Å². The lowest BCUT2D eigenvalue weighted by Gasteiger charge is -2.07. The molecule has 0 saturated carbocycles. The first-order valence-corrected chi connectivity index (χ1v) is 7.94. The zero-order valence-corrected chi connectivity index (χ0v) is 12.1. The minimum Gasteiger partial charge on any atom is -0.212 e. The third-order valence-electron chi connectivity index (χ3n) is 2.68. The molecule has 0 aliphatic rings. The standard InChI is InChI=1S/C14H13ClFNO2S/c15-13-8-12(6-7-14(13)16)9-17-20(18,19)10-11-4-2-1-3-5-11/h1-8,17H,9-10H2. The summed E-state index contributed by atoms with van der Waals surface area (Å²) in [5.74, 6) is -0.620. The average Bonchev–Trinajstić information content (AvgIpc) is 2.41. The lowest BCUT2D eigenvalue weighted by Crippen LogP contribution is -2.24. The number of benzene rings is 2. The van der Waals surface area contributed by atoms with Crippen molar-refractivity contribution < 1.29 is 12.8 Å². The van der Waals surface area contributed by atoms with Crippen molar-refractivity contribution in [1.82, 2.24) is 4.72 Å². The van der Waals surface area contributed by atoms with Gasteiger partial charge in [0.1, 0.15) is 5.82 Å². The highest BCUT2D eigenvalue weighted by atomic mass is 35.5. The van der Waals surface area contributed by atoms with Crippen LogP contribution in [-0.2, 0) is 22.3 Å². The van der Waals surface area contributed by atoms with E-state index in [0.717, 1.165) is 0 Å². The average molecular weight is 314 g/mol. The van der Waals surface area contributed by atoms with Gasteiger partial charge < -0.3 is 0 Å². The maximum Gasteiger partial charge on any atom is 0.216 e. The predicted molar refractivity (Wildman–Crippen MR) is 77.3 cm³/mol. The number of halogens is 2. The van der Waals surface area contributed by atoms with Gasteiger partial charge in [-0.1, -0.05) is 48.0 Å². The summed E-state index contributed by atoms with van der Waals surface area (Å²) in [5, 5.41) is -0.0234. The van der Waals surface area contributed by atoms with Gasteiger partial charge in [-0.2, -0.15) is 0 Å². The minimum absolute atomic E-state index is 0.0234. The van der Waals surface area contributed by atoms with E-state index in [-0.39, 0.29) is 17.3 Å². The fraction of sp³-hybridized carbons (Fsp3) is 0.143. The highest BCUT2D eigenvalue weighted by Gasteiger charge is 2.11. The molecule has 0 radical (unpaired) electrons. The van der Waals surface area contributed by atoms with E-state index in [9.17, 15) is 12.8 Å². The Morgan fingerprint density at radius 1 is 1.05 bits per heavy atom. The van der Waals surface area contributed by atoms with Crippen molar-refractivity contribution in [2.45, 2.75) is 12.3 Å². The van der Waals surface area contributed by atoms with E-state index >= 15 is 0 Å². The number of hydrogen-bond donors (Lipinski definition) is 1. The summed E-state index contributed by atoms with van der Waals surface area (Å²) >= 11 is 5.64. The van der Waals surface area contributed by atoms with Crippen LogP contribution >= 0.6 is 11.6 Å². The van der Waals surface area contributed by atoms with Crippen molar-refractivity contribution in [1.29, 1.82) is 0 Å². The van der Waals surface area contributed by atoms with Gasteiger partial charge in [0.15, 0.2) is 0 Å². The van der Waals surface area contributed by atoms with Gasteiger partial charge in [-0.05, 0) is 23.3 Å². The summed E-state index contributed by atoms with van der Waals surface area (Å²) in [6.07, 6.45) is 0. The summed E-state index contributed by atoms with van der Waals surface area (Å²) in [7, 11) is -3.44. The first kappa shape index (κ1) is 15.0. The molecule has 3 nitrogen and oxygen atoms in total. The number of hydrogen-bond acceptors (Lipinski definition) is 2. The van der Waals surface area contributed by atoms with Gasteiger partial charge in [0, 0.05) is 6.54 Å². The molecule has 20 heavy (non-hydrogen) atoms. The summed E-state index contributed by atoms with van der Waals surface area (Å²) in [6, 6.07) is 13.0. The number of nitrogens with one attached hydrogen (secondary N) is 1. The van der Waals surface area contributed by atoms with Gasteiger partial charge in [-0.25, -0.2) is 17.5 Å². The monoisotopic (exact) mass is 313 g/mol. The Kier molecular flexibility index (Phi) is 4.75. The van der Waals surface area contributed by atoms with E-state index in [0.29, 0.717) is 11.1 Å². The zero-order valence-electron chi connectivity index (χ0n) is 10.5. The number of sulfonamides is 1. The summed E-state index contributed by atoms with van der Waals surface area (Å²) in [6.45, 7) is 0.0785. The molecule has 0 unspecified atom stereocenters. The molecule has 0 fully saturated rings. The maximum absolute atomic E-state index is 13.0. The molecule has 2 rings (SSSR count). The van der Waals surface area contributed by atoms with Crippen LogP contribution in [0.25, 0.3) is 0 Å². The zero-order chi connectivity index (χ0) is 14.6. The third kappa shape index (κ3) is 4.30. The van der Waals surface area contributed by atoms with Crippen LogP contribution < -0.4 is 4.72 Å². The van der Waals surface area contributed by atoms with Crippen molar-refractivity contribution in [3.8, 4) is 0 Å². The Balaban J connectivity index is 2.00. The van der Waals surface area contributed by atoms with Crippen molar-refractivity contribution in [3.63, 3.8) is 0 Å². The predicted octanol–water partition coefficient (Wildman–Crippen LogP) is 3.10. The molecule has 0 saturated heterocycles. The quantitative estimate of drug-likeness (QED) is 0.922. The van der Waals surface area contributed by atoms with Crippen LogP contribution in [0.5, 0.6) is 0 Å². The summed E-state index contributed by atoms with van der Waals surface area (Å²) < 4.78 is 39.3. The molecule has 2 aromatic carbocycles. The highest BCUT2D eigenvalue weighted by molar-refractivity contribution is 7.88. The topological polar surface area (TPSA) is 46.2 Å². The lowest BCUT2D eigenvalue weighted by molar-refractivity contribution is 0.580. The van der Waals surface area contributed by atoms with E-state index in [2.05, 4.69) is 4.72 Å². The molecule has 0 spiro atoms. The molecule has 2 aromatic rings. The van der Waals surface area contributed by atoms with Crippen LogP contribution in [0.15, 0.2) is 48.5 Å². The molecular weight excluding hydrogens is 301 g/mol. The lowest BCUT2D eigenvalue weighted by atomic mass is 10.2. The third-order valence-corrected chi connectivity index (χ3v) is 4.27. The smallest absolute Gasteiger partial charge is 0.212 e.